The molecule has 1 aliphatic rings. The van der Waals surface area contributed by atoms with Gasteiger partial charge < -0.3 is 25.8 Å². The molecule has 5 rings (SSSR count). The number of aliphatic hydroxyl groups is 1. The van der Waals surface area contributed by atoms with Gasteiger partial charge in [0.25, 0.3) is 0 Å². The molecule has 0 amide bonds. The number of rotatable bonds is 9. The molecule has 0 bridgehead atoms. The Hall–Kier alpha value is -3.48. The molecule has 208 valence electrons. The molecule has 1 unspecified atom stereocenters. The van der Waals surface area contributed by atoms with Gasteiger partial charge in [-0.15, -0.1) is 5.10 Å². The number of nitrogens with one attached hydrogen (secondary N) is 1. The van der Waals surface area contributed by atoms with Crippen molar-refractivity contribution in [2.45, 2.75) is 45.6 Å². The maximum Gasteiger partial charge on any atom is 0.387 e. The van der Waals surface area contributed by atoms with Gasteiger partial charge in [-0.1, -0.05) is 25.4 Å². The zero-order chi connectivity index (χ0) is 27.7. The molecule has 4 N–H and O–H groups in total. The topological polar surface area (TPSA) is 119 Å². The number of nitrogens with two attached hydrogens (primary N) is 1. The highest BCUT2D eigenvalue weighted by Crippen LogP contribution is 2.39. The van der Waals surface area contributed by atoms with Crippen molar-refractivity contribution >= 4 is 28.8 Å². The number of benzene rings is 1. The van der Waals surface area contributed by atoms with Crippen molar-refractivity contribution in [1.29, 1.82) is 0 Å². The van der Waals surface area contributed by atoms with Crippen molar-refractivity contribution in [1.82, 2.24) is 29.3 Å². The van der Waals surface area contributed by atoms with Gasteiger partial charge in [-0.25, -0.2) is 9.50 Å². The first kappa shape index (κ1) is 27.1. The number of aliphatic hydroxyl groups excluding tert-OH is 1. The Labute approximate surface area is 229 Å². The lowest BCUT2D eigenvalue weighted by atomic mass is 10.0. The lowest BCUT2D eigenvalue weighted by molar-refractivity contribution is -0.0494. The lowest BCUT2D eigenvalue weighted by Gasteiger charge is -2.33. The number of nitrogen functional groups attached to an aromatic ring is 1. The highest BCUT2D eigenvalue weighted by molar-refractivity contribution is 6.31. The number of piperidine rings is 1. The zero-order valence-corrected chi connectivity index (χ0v) is 22.4. The lowest BCUT2D eigenvalue weighted by Crippen LogP contribution is -2.37. The fourth-order valence-corrected chi connectivity index (χ4v) is 5.23. The molecule has 4 aromatic rings. The summed E-state index contributed by atoms with van der Waals surface area (Å²) >= 11 is 6.25. The summed E-state index contributed by atoms with van der Waals surface area (Å²) in [6.45, 7) is 4.23. The standard InChI is InChI=1S/C26H31ClF2N8O2/c1-15(2)13-35-10-6-17(7-11-35)37-14-19(22(33-37)18-12-16(27)4-5-20(18)39-26(28)29)32-25(38)21-23(30)34-36-9-3-8-31-24(21)36/h3-5,8-9,12,14-15,17,25-26,32,38H,6-7,10-11,13H2,1-2H3,(H2,30,34). The Morgan fingerprint density at radius 3 is 2.72 bits per heavy atom. The second-order valence-corrected chi connectivity index (χ2v) is 10.5. The molecule has 1 saturated heterocycles. The Kier molecular flexibility index (Phi) is 7.87. The molecular weight excluding hydrogens is 530 g/mol. The van der Waals surface area contributed by atoms with Crippen LogP contribution in [0.4, 0.5) is 20.3 Å². The van der Waals surface area contributed by atoms with Gasteiger partial charge in [-0.3, -0.25) is 4.68 Å². The van der Waals surface area contributed by atoms with Gasteiger partial charge >= 0.3 is 6.61 Å². The van der Waals surface area contributed by atoms with Gasteiger partial charge in [-0.2, -0.15) is 13.9 Å². The van der Waals surface area contributed by atoms with Crippen molar-refractivity contribution in [2.75, 3.05) is 30.7 Å². The van der Waals surface area contributed by atoms with Crippen molar-refractivity contribution in [3.63, 3.8) is 0 Å². The maximum absolute atomic E-state index is 13.3. The number of fused-ring (bicyclic) bond motifs is 1. The van der Waals surface area contributed by atoms with E-state index >= 15 is 0 Å². The normalized spacial score (nSPS) is 15.9. The van der Waals surface area contributed by atoms with Crippen LogP contribution in [0.15, 0.2) is 42.9 Å². The van der Waals surface area contributed by atoms with Crippen molar-refractivity contribution in [3.05, 3.63) is 53.4 Å². The van der Waals surface area contributed by atoms with E-state index in [-0.39, 0.29) is 28.7 Å². The van der Waals surface area contributed by atoms with E-state index in [4.69, 9.17) is 27.2 Å². The fourth-order valence-electron chi connectivity index (χ4n) is 5.06. The van der Waals surface area contributed by atoms with E-state index in [0.29, 0.717) is 28.0 Å². The predicted octanol–water partition coefficient (Wildman–Crippen LogP) is 4.83. The Morgan fingerprint density at radius 1 is 1.23 bits per heavy atom. The van der Waals surface area contributed by atoms with Crippen LogP contribution in [0, 0.1) is 5.92 Å². The summed E-state index contributed by atoms with van der Waals surface area (Å²) in [5.74, 6) is 0.596. The zero-order valence-electron chi connectivity index (χ0n) is 21.6. The molecule has 4 heterocycles. The molecular formula is C26H31ClF2N8O2. The maximum atomic E-state index is 13.3. The minimum atomic E-state index is -3.04. The van der Waals surface area contributed by atoms with E-state index < -0.39 is 12.8 Å². The van der Waals surface area contributed by atoms with E-state index in [2.05, 4.69) is 34.1 Å². The number of alkyl halides is 2. The van der Waals surface area contributed by atoms with Gasteiger partial charge in [0.2, 0.25) is 0 Å². The molecule has 0 aliphatic carbocycles. The summed E-state index contributed by atoms with van der Waals surface area (Å²) in [6, 6.07) is 6.14. The molecule has 1 aliphatic heterocycles. The van der Waals surface area contributed by atoms with E-state index in [9.17, 15) is 13.9 Å². The molecule has 39 heavy (non-hydrogen) atoms. The first-order valence-corrected chi connectivity index (χ1v) is 13.2. The summed E-state index contributed by atoms with van der Waals surface area (Å²) in [5.41, 5.74) is 7.73. The minimum absolute atomic E-state index is 0.0823. The average molecular weight is 561 g/mol. The summed E-state index contributed by atoms with van der Waals surface area (Å²) in [4.78, 5) is 6.72. The largest absolute Gasteiger partial charge is 0.434 e. The number of ether oxygens (including phenoxy) is 1. The van der Waals surface area contributed by atoms with E-state index in [0.717, 1.165) is 32.5 Å². The second-order valence-electron chi connectivity index (χ2n) is 10.0. The Morgan fingerprint density at radius 2 is 2.00 bits per heavy atom. The van der Waals surface area contributed by atoms with Gasteiger partial charge in [0.1, 0.15) is 11.4 Å². The van der Waals surface area contributed by atoms with E-state index in [1.165, 1.54) is 22.7 Å². The second kappa shape index (κ2) is 11.3. The highest BCUT2D eigenvalue weighted by atomic mass is 35.5. The first-order valence-electron chi connectivity index (χ1n) is 12.8. The third-order valence-corrected chi connectivity index (χ3v) is 6.96. The molecule has 1 fully saturated rings. The van der Waals surface area contributed by atoms with Gasteiger partial charge in [0.05, 0.1) is 17.3 Å². The van der Waals surface area contributed by atoms with Crippen LogP contribution >= 0.6 is 11.6 Å². The molecule has 0 radical (unpaired) electrons. The minimum Gasteiger partial charge on any atom is -0.434 e. The number of nitrogens with zero attached hydrogens (tertiary/aromatic N) is 6. The van der Waals surface area contributed by atoms with E-state index in [1.807, 2.05) is 4.68 Å². The summed E-state index contributed by atoms with van der Waals surface area (Å²) in [6.07, 6.45) is 5.43. The monoisotopic (exact) mass is 560 g/mol. The van der Waals surface area contributed by atoms with Crippen LogP contribution < -0.4 is 15.8 Å². The van der Waals surface area contributed by atoms with Crippen LogP contribution in [0.25, 0.3) is 16.9 Å². The summed E-state index contributed by atoms with van der Waals surface area (Å²) < 4.78 is 34.6. The highest BCUT2D eigenvalue weighted by Gasteiger charge is 2.27. The molecule has 13 heteroatoms. The van der Waals surface area contributed by atoms with Crippen molar-refractivity contribution in [3.8, 4) is 17.0 Å². The molecule has 0 saturated carbocycles. The predicted molar refractivity (Wildman–Crippen MR) is 145 cm³/mol. The molecule has 0 spiro atoms. The number of anilines is 2. The number of hydrogen-bond acceptors (Lipinski definition) is 8. The average Bonchev–Trinajstić information content (AvgIpc) is 3.45. The summed E-state index contributed by atoms with van der Waals surface area (Å²) in [7, 11) is 0. The van der Waals surface area contributed by atoms with Crippen LogP contribution in [0.3, 0.4) is 0 Å². The molecule has 10 nitrogen and oxygen atoms in total. The SMILES string of the molecule is CC(C)CN1CCC(n2cc(NC(O)c3c(N)nn4cccnc34)c(-c3cc(Cl)ccc3OC(F)F)n2)CC1. The smallest absolute Gasteiger partial charge is 0.387 e. The molecule has 1 atom stereocenters. The van der Waals surface area contributed by atoms with Crippen LogP contribution in [-0.2, 0) is 0 Å². The fraction of sp³-hybridized carbons (Fsp3) is 0.423. The quantitative estimate of drug-likeness (QED) is 0.249. The number of aromatic nitrogens is 5. The molecule has 3 aromatic heterocycles. The van der Waals surface area contributed by atoms with Gasteiger partial charge in [0.15, 0.2) is 17.7 Å². The van der Waals surface area contributed by atoms with Crippen LogP contribution in [-0.4, -0.2) is 60.6 Å². The van der Waals surface area contributed by atoms with Gasteiger partial charge in [0, 0.05) is 48.8 Å². The van der Waals surface area contributed by atoms with Crippen LogP contribution in [0.1, 0.15) is 44.5 Å². The van der Waals surface area contributed by atoms with Crippen molar-refractivity contribution < 1.29 is 18.6 Å². The Balaban J connectivity index is 1.52. The number of halogens is 3. The summed E-state index contributed by atoms with van der Waals surface area (Å²) in [5, 5.41) is 23.6. The van der Waals surface area contributed by atoms with Crippen molar-refractivity contribution in [2.24, 2.45) is 5.92 Å². The Bertz CT molecular complexity index is 1430. The third kappa shape index (κ3) is 5.92. The van der Waals surface area contributed by atoms with Gasteiger partial charge in [-0.05, 0) is 43.0 Å². The van der Waals surface area contributed by atoms with Crippen LogP contribution in [0.2, 0.25) is 5.02 Å². The first-order chi connectivity index (χ1) is 18.7. The number of likely N-dealkylation sites (tertiary alicyclic amines) is 1. The molecule has 1 aromatic carbocycles. The van der Waals surface area contributed by atoms with E-state index in [1.54, 1.807) is 24.7 Å². The van der Waals surface area contributed by atoms with Crippen LogP contribution in [0.5, 0.6) is 5.75 Å². The number of hydrogen-bond donors (Lipinski definition) is 3. The third-order valence-electron chi connectivity index (χ3n) is 6.72.